The Balaban J connectivity index is 1.36. The van der Waals surface area contributed by atoms with Gasteiger partial charge >= 0.3 is 0 Å². The first-order valence-electron chi connectivity index (χ1n) is 16.3. The van der Waals surface area contributed by atoms with Crippen molar-refractivity contribution in [1.29, 1.82) is 0 Å². The normalized spacial score (nSPS) is 22.6. The van der Waals surface area contributed by atoms with Crippen LogP contribution in [0.2, 0.25) is 0 Å². The van der Waals surface area contributed by atoms with Crippen LogP contribution in [0.15, 0.2) is 42.5 Å². The maximum atomic E-state index is 2.52. The molecule has 2 aliphatic carbocycles. The molecule has 0 aromatic heterocycles. The molecule has 2 aliphatic rings. The third-order valence-electron chi connectivity index (χ3n) is 10.6. The first-order chi connectivity index (χ1) is 18.1. The predicted octanol–water partition coefficient (Wildman–Crippen LogP) is 11.8. The van der Waals surface area contributed by atoms with E-state index < -0.39 is 0 Å². The predicted molar refractivity (Wildman–Crippen MR) is 163 cm³/mol. The molecule has 1 unspecified atom stereocenters. The Bertz CT molecular complexity index is 921. The average Bonchev–Trinajstić information content (AvgIpc) is 2.94. The van der Waals surface area contributed by atoms with Crippen molar-refractivity contribution in [3.05, 3.63) is 59.2 Å². The molecule has 2 saturated carbocycles. The smallest absolute Gasteiger partial charge is 0.0155 e. The van der Waals surface area contributed by atoms with Crippen molar-refractivity contribution in [1.82, 2.24) is 0 Å². The number of benzene rings is 2. The van der Waals surface area contributed by atoms with Crippen LogP contribution in [0.1, 0.15) is 146 Å². The van der Waals surface area contributed by atoms with Gasteiger partial charge in [0.1, 0.15) is 0 Å². The zero-order valence-corrected chi connectivity index (χ0v) is 24.8. The van der Waals surface area contributed by atoms with Crippen LogP contribution < -0.4 is 0 Å². The van der Waals surface area contributed by atoms with Gasteiger partial charge in [-0.2, -0.15) is 0 Å². The van der Waals surface area contributed by atoms with E-state index in [0.29, 0.717) is 11.3 Å². The molecule has 0 bridgehead atoms. The molecule has 0 aliphatic heterocycles. The van der Waals surface area contributed by atoms with Gasteiger partial charge in [0, 0.05) is 0 Å². The summed E-state index contributed by atoms with van der Waals surface area (Å²) in [5.41, 5.74) is 7.97. The lowest BCUT2D eigenvalue weighted by Gasteiger charge is -2.47. The minimum absolute atomic E-state index is 0.678. The molecule has 4 rings (SSSR count). The highest BCUT2D eigenvalue weighted by atomic mass is 14.5. The van der Waals surface area contributed by atoms with Crippen LogP contribution in [0, 0.1) is 24.2 Å². The summed E-state index contributed by atoms with van der Waals surface area (Å²) in [4.78, 5) is 0. The quantitative estimate of drug-likeness (QED) is 0.254. The molecule has 0 saturated heterocycles. The fourth-order valence-electron chi connectivity index (χ4n) is 8.07. The van der Waals surface area contributed by atoms with Crippen molar-refractivity contribution in [2.45, 2.75) is 143 Å². The average molecular weight is 501 g/mol. The topological polar surface area (TPSA) is 0 Å². The van der Waals surface area contributed by atoms with Crippen molar-refractivity contribution in [2.24, 2.45) is 17.3 Å². The molecule has 0 amide bonds. The molecule has 204 valence electrons. The zero-order valence-electron chi connectivity index (χ0n) is 24.8. The minimum atomic E-state index is 0.678. The molecule has 0 heterocycles. The molecule has 2 fully saturated rings. The van der Waals surface area contributed by atoms with E-state index in [0.717, 1.165) is 11.8 Å². The van der Waals surface area contributed by atoms with Gasteiger partial charge in [-0.25, -0.2) is 0 Å². The second-order valence-electron chi connectivity index (χ2n) is 13.0. The molecule has 2 aromatic rings. The Morgan fingerprint density at radius 2 is 1.46 bits per heavy atom. The van der Waals surface area contributed by atoms with Gasteiger partial charge in [-0.1, -0.05) is 115 Å². The van der Waals surface area contributed by atoms with E-state index in [1.807, 2.05) is 0 Å². The first-order valence-corrected chi connectivity index (χ1v) is 16.3. The molecule has 0 radical (unpaired) electrons. The number of hydrogen-bond donors (Lipinski definition) is 0. The standard InChI is InChI=1S/C37H56/c1-5-7-10-14-31-15-17-33(18-16-31)36-24-21-34(28-29(36)3)30(4)32-19-22-35(23-20-32)37(25-11-8-6-2)26-12-9-13-27-37/h15-18,21,24,28,30,32,35H,5-14,19-20,22-23,25-27H2,1-4H3. The van der Waals surface area contributed by atoms with Crippen LogP contribution in [0.25, 0.3) is 11.1 Å². The molecule has 0 nitrogen and oxygen atoms in total. The van der Waals surface area contributed by atoms with Gasteiger partial charge in [0.2, 0.25) is 0 Å². The van der Waals surface area contributed by atoms with Gasteiger partial charge < -0.3 is 0 Å². The van der Waals surface area contributed by atoms with Crippen molar-refractivity contribution in [2.75, 3.05) is 0 Å². The zero-order chi connectivity index (χ0) is 26.1. The van der Waals surface area contributed by atoms with Gasteiger partial charge in [0.25, 0.3) is 0 Å². The van der Waals surface area contributed by atoms with Crippen LogP contribution in [0.3, 0.4) is 0 Å². The van der Waals surface area contributed by atoms with E-state index >= 15 is 0 Å². The van der Waals surface area contributed by atoms with Crippen molar-refractivity contribution in [3.63, 3.8) is 0 Å². The van der Waals surface area contributed by atoms with E-state index in [1.165, 1.54) is 131 Å². The van der Waals surface area contributed by atoms with Gasteiger partial charge in [0.15, 0.2) is 0 Å². The Morgan fingerprint density at radius 3 is 2.11 bits per heavy atom. The molecular weight excluding hydrogens is 444 g/mol. The van der Waals surface area contributed by atoms with E-state index in [2.05, 4.69) is 70.2 Å². The summed E-state index contributed by atoms with van der Waals surface area (Å²) in [5.74, 6) is 2.54. The number of hydrogen-bond acceptors (Lipinski definition) is 0. The molecule has 0 heteroatoms. The fraction of sp³-hybridized carbons (Fsp3) is 0.676. The highest BCUT2D eigenvalue weighted by molar-refractivity contribution is 5.68. The van der Waals surface area contributed by atoms with Crippen LogP contribution >= 0.6 is 0 Å². The summed E-state index contributed by atoms with van der Waals surface area (Å²) in [6.45, 7) is 9.48. The molecule has 0 spiro atoms. The lowest BCUT2D eigenvalue weighted by atomic mass is 9.58. The third-order valence-corrected chi connectivity index (χ3v) is 10.6. The maximum Gasteiger partial charge on any atom is -0.0155 e. The minimum Gasteiger partial charge on any atom is -0.0654 e. The summed E-state index contributed by atoms with van der Waals surface area (Å²) >= 11 is 0. The van der Waals surface area contributed by atoms with Gasteiger partial charge in [-0.15, -0.1) is 0 Å². The third kappa shape index (κ3) is 7.30. The summed E-state index contributed by atoms with van der Waals surface area (Å²) in [6, 6.07) is 16.7. The fourth-order valence-corrected chi connectivity index (χ4v) is 8.07. The monoisotopic (exact) mass is 500 g/mol. The molecule has 0 N–H and O–H groups in total. The summed E-state index contributed by atoms with van der Waals surface area (Å²) in [7, 11) is 0. The highest BCUT2D eigenvalue weighted by Gasteiger charge is 2.41. The molecule has 37 heavy (non-hydrogen) atoms. The molecule has 1 atom stereocenters. The second kappa shape index (κ2) is 14.0. The maximum absolute atomic E-state index is 2.52. The first kappa shape index (κ1) is 28.4. The molecule has 2 aromatic carbocycles. The van der Waals surface area contributed by atoms with E-state index in [1.54, 1.807) is 5.56 Å². The van der Waals surface area contributed by atoms with Crippen molar-refractivity contribution < 1.29 is 0 Å². The van der Waals surface area contributed by atoms with Gasteiger partial charge in [-0.3, -0.25) is 0 Å². The van der Waals surface area contributed by atoms with Crippen LogP contribution in [-0.2, 0) is 6.42 Å². The molecular formula is C37H56. The van der Waals surface area contributed by atoms with E-state index in [9.17, 15) is 0 Å². The van der Waals surface area contributed by atoms with Crippen LogP contribution in [0.5, 0.6) is 0 Å². The van der Waals surface area contributed by atoms with Gasteiger partial charge in [0.05, 0.1) is 0 Å². The largest absolute Gasteiger partial charge is 0.0654 e. The van der Waals surface area contributed by atoms with Crippen LogP contribution in [-0.4, -0.2) is 0 Å². The van der Waals surface area contributed by atoms with E-state index in [-0.39, 0.29) is 0 Å². The lowest BCUT2D eigenvalue weighted by molar-refractivity contribution is 0.0409. The Kier molecular flexibility index (Phi) is 10.8. The number of unbranched alkanes of at least 4 members (excludes halogenated alkanes) is 4. The SMILES string of the molecule is CCCCCc1ccc(-c2ccc(C(C)C3CCC(C4(CCCCC)CCCCC4)CC3)cc2C)cc1. The number of rotatable bonds is 12. The Labute approximate surface area is 230 Å². The highest BCUT2D eigenvalue weighted by Crippen LogP contribution is 2.53. The van der Waals surface area contributed by atoms with E-state index in [4.69, 9.17) is 0 Å². The summed E-state index contributed by atoms with van der Waals surface area (Å²) in [5, 5.41) is 0. The second-order valence-corrected chi connectivity index (χ2v) is 13.0. The van der Waals surface area contributed by atoms with Crippen molar-refractivity contribution in [3.8, 4) is 11.1 Å². The van der Waals surface area contributed by atoms with Crippen molar-refractivity contribution >= 4 is 0 Å². The summed E-state index contributed by atoms with van der Waals surface area (Å²) in [6.07, 6.45) is 24.4. The Hall–Kier alpha value is -1.56. The summed E-state index contributed by atoms with van der Waals surface area (Å²) < 4.78 is 0. The van der Waals surface area contributed by atoms with Crippen LogP contribution in [0.4, 0.5) is 0 Å². The Morgan fingerprint density at radius 1 is 0.784 bits per heavy atom. The van der Waals surface area contributed by atoms with Gasteiger partial charge in [-0.05, 0) is 116 Å². The number of aryl methyl sites for hydroxylation is 2. The lowest BCUT2D eigenvalue weighted by Crippen LogP contribution is -2.36.